The Morgan fingerprint density at radius 1 is 0.968 bits per heavy atom. The molecule has 3 aromatic carbocycles. The molecule has 0 saturated heterocycles. The lowest BCUT2D eigenvalue weighted by molar-refractivity contribution is 0.0528. The Morgan fingerprint density at radius 3 is 2.39 bits per heavy atom. The Bertz CT molecular complexity index is 1330. The van der Waals surface area contributed by atoms with Crippen LogP contribution in [0.2, 0.25) is 0 Å². The van der Waals surface area contributed by atoms with Gasteiger partial charge >= 0.3 is 11.7 Å². The number of rotatable bonds is 6. The van der Waals surface area contributed by atoms with Crippen molar-refractivity contribution in [3.05, 3.63) is 93.9 Å². The van der Waals surface area contributed by atoms with E-state index in [0.29, 0.717) is 22.2 Å². The zero-order valence-electron chi connectivity index (χ0n) is 16.9. The van der Waals surface area contributed by atoms with Crippen molar-refractivity contribution in [1.29, 1.82) is 0 Å². The molecule has 1 heterocycles. The minimum absolute atomic E-state index is 0.248. The van der Waals surface area contributed by atoms with Crippen molar-refractivity contribution < 1.29 is 14.3 Å². The van der Waals surface area contributed by atoms with Crippen LogP contribution >= 0.6 is 0 Å². The first-order valence-corrected chi connectivity index (χ1v) is 9.86. The molecule has 3 N–H and O–H groups in total. The van der Waals surface area contributed by atoms with Crippen LogP contribution < -0.4 is 11.4 Å². The molecule has 1 aromatic heterocycles. The van der Waals surface area contributed by atoms with Gasteiger partial charge in [-0.2, -0.15) is 0 Å². The number of hydrogen-bond acceptors (Lipinski definition) is 4. The lowest BCUT2D eigenvalue weighted by atomic mass is 9.98. The molecule has 0 bridgehead atoms. The average Bonchev–Trinajstić information content (AvgIpc) is 3.09. The Labute approximate surface area is 178 Å². The van der Waals surface area contributed by atoms with Crippen molar-refractivity contribution in [1.82, 2.24) is 9.55 Å². The Kier molecular flexibility index (Phi) is 5.41. The summed E-state index contributed by atoms with van der Waals surface area (Å²) in [6, 6.07) is 19.8. The van der Waals surface area contributed by atoms with Crippen molar-refractivity contribution in [2.45, 2.75) is 13.5 Å². The van der Waals surface area contributed by atoms with Crippen LogP contribution in [0.3, 0.4) is 0 Å². The average molecular weight is 415 g/mol. The van der Waals surface area contributed by atoms with Gasteiger partial charge in [0.1, 0.15) is 0 Å². The molecule has 7 heteroatoms. The van der Waals surface area contributed by atoms with E-state index in [1.165, 1.54) is 4.57 Å². The van der Waals surface area contributed by atoms with Crippen LogP contribution in [0.25, 0.3) is 22.2 Å². The number of nitrogens with two attached hydrogens (primary N) is 1. The number of H-pyrrole nitrogens is 1. The van der Waals surface area contributed by atoms with Gasteiger partial charge in [-0.25, -0.2) is 9.59 Å². The van der Waals surface area contributed by atoms with Crippen LogP contribution in [0.4, 0.5) is 0 Å². The van der Waals surface area contributed by atoms with E-state index < -0.39 is 11.9 Å². The Balaban J connectivity index is 1.71. The molecule has 0 unspecified atom stereocenters. The number of imidazole rings is 1. The fraction of sp³-hybridized carbons (Fsp3) is 0.125. The number of ether oxygens (including phenoxy) is 1. The molecule has 7 nitrogen and oxygen atoms in total. The Morgan fingerprint density at radius 2 is 1.68 bits per heavy atom. The van der Waals surface area contributed by atoms with Gasteiger partial charge in [0.05, 0.1) is 29.7 Å². The van der Waals surface area contributed by atoms with Gasteiger partial charge in [-0.3, -0.25) is 9.36 Å². The van der Waals surface area contributed by atoms with E-state index in [-0.39, 0.29) is 18.8 Å². The highest BCUT2D eigenvalue weighted by atomic mass is 16.5. The molecule has 0 aliphatic heterocycles. The number of esters is 1. The summed E-state index contributed by atoms with van der Waals surface area (Å²) in [4.78, 5) is 39.5. The normalized spacial score (nSPS) is 10.9. The number of primary amides is 1. The minimum atomic E-state index is -0.489. The van der Waals surface area contributed by atoms with Crippen molar-refractivity contribution in [2.24, 2.45) is 5.73 Å². The monoisotopic (exact) mass is 415 g/mol. The quantitative estimate of drug-likeness (QED) is 0.471. The zero-order chi connectivity index (χ0) is 22.0. The zero-order valence-corrected chi connectivity index (χ0v) is 16.9. The van der Waals surface area contributed by atoms with E-state index >= 15 is 0 Å². The summed E-state index contributed by atoms with van der Waals surface area (Å²) in [5.41, 5.74) is 9.49. The molecule has 4 aromatic rings. The number of aromatic nitrogens is 2. The number of fused-ring (bicyclic) bond motifs is 1. The summed E-state index contributed by atoms with van der Waals surface area (Å²) in [6.45, 7) is 2.26. The maximum atomic E-state index is 12.6. The summed E-state index contributed by atoms with van der Waals surface area (Å²) in [7, 11) is 0. The highest BCUT2D eigenvalue weighted by Crippen LogP contribution is 2.24. The van der Waals surface area contributed by atoms with Gasteiger partial charge < -0.3 is 15.5 Å². The lowest BCUT2D eigenvalue weighted by Gasteiger charge is -2.10. The van der Waals surface area contributed by atoms with Crippen molar-refractivity contribution in [3.63, 3.8) is 0 Å². The number of aromatic amines is 1. The predicted octanol–water partition coefficient (Wildman–Crippen LogP) is 3.32. The largest absolute Gasteiger partial charge is 0.462 e. The van der Waals surface area contributed by atoms with Crippen LogP contribution in [0.5, 0.6) is 0 Å². The molecule has 1 amide bonds. The molecular weight excluding hydrogens is 394 g/mol. The fourth-order valence-corrected chi connectivity index (χ4v) is 3.67. The molecule has 4 rings (SSSR count). The fourth-order valence-electron chi connectivity index (χ4n) is 3.67. The summed E-state index contributed by atoms with van der Waals surface area (Å²) in [6.07, 6.45) is 0. The highest BCUT2D eigenvalue weighted by molar-refractivity contribution is 6.02. The smallest absolute Gasteiger partial charge is 0.340 e. The summed E-state index contributed by atoms with van der Waals surface area (Å²) >= 11 is 0. The van der Waals surface area contributed by atoms with Crippen LogP contribution in [0, 0.1) is 0 Å². The van der Waals surface area contributed by atoms with E-state index in [9.17, 15) is 14.4 Å². The van der Waals surface area contributed by atoms with Gasteiger partial charge in [0.2, 0.25) is 5.91 Å². The van der Waals surface area contributed by atoms with Gasteiger partial charge in [0.15, 0.2) is 0 Å². The molecule has 0 aliphatic rings. The third-order valence-corrected chi connectivity index (χ3v) is 5.09. The second-order valence-corrected chi connectivity index (χ2v) is 7.05. The number of benzene rings is 3. The number of nitrogens with one attached hydrogen (secondary N) is 1. The number of carbonyl (C=O) groups excluding carboxylic acids is 2. The van der Waals surface area contributed by atoms with Crippen LogP contribution in [-0.4, -0.2) is 28.0 Å². The van der Waals surface area contributed by atoms with Crippen molar-refractivity contribution in [2.75, 3.05) is 6.61 Å². The van der Waals surface area contributed by atoms with Gasteiger partial charge in [-0.15, -0.1) is 0 Å². The van der Waals surface area contributed by atoms with Gasteiger partial charge in [-0.05, 0) is 41.8 Å². The van der Waals surface area contributed by atoms with E-state index in [0.717, 1.165) is 16.7 Å². The molecule has 156 valence electrons. The summed E-state index contributed by atoms with van der Waals surface area (Å²) in [5.74, 6) is -0.962. The maximum absolute atomic E-state index is 12.6. The second-order valence-electron chi connectivity index (χ2n) is 7.05. The molecule has 0 saturated carbocycles. The second kappa shape index (κ2) is 8.31. The molecule has 0 spiro atoms. The number of hydrogen-bond donors (Lipinski definition) is 2. The van der Waals surface area contributed by atoms with E-state index in [2.05, 4.69) is 4.98 Å². The van der Waals surface area contributed by atoms with E-state index in [1.807, 2.05) is 36.4 Å². The first kappa shape index (κ1) is 20.2. The highest BCUT2D eigenvalue weighted by Gasteiger charge is 2.17. The minimum Gasteiger partial charge on any atom is -0.462 e. The van der Waals surface area contributed by atoms with Gasteiger partial charge in [0, 0.05) is 5.56 Å². The maximum Gasteiger partial charge on any atom is 0.340 e. The number of carbonyl (C=O) groups is 2. The van der Waals surface area contributed by atoms with Crippen LogP contribution in [0.15, 0.2) is 71.5 Å². The summed E-state index contributed by atoms with van der Waals surface area (Å²) < 4.78 is 6.66. The standard InChI is InChI=1S/C24H21N3O4/c1-2-31-23(29)19-8-5-9-20-21(19)27(24(30)26-20)14-15-10-12-16(13-11-15)17-6-3-4-7-18(17)22(25)28/h3-13H,2,14H2,1H3,(H2,25,28)(H,26,30). The van der Waals surface area contributed by atoms with Crippen molar-refractivity contribution in [3.8, 4) is 11.1 Å². The third kappa shape index (κ3) is 3.85. The SMILES string of the molecule is CCOC(=O)c1cccc2[nH]c(=O)n(Cc3ccc(-c4ccccc4C(N)=O)cc3)c12. The third-order valence-electron chi connectivity index (χ3n) is 5.09. The van der Waals surface area contributed by atoms with Gasteiger partial charge in [-0.1, -0.05) is 48.5 Å². The lowest BCUT2D eigenvalue weighted by Crippen LogP contribution is -2.18. The predicted molar refractivity (Wildman–Crippen MR) is 118 cm³/mol. The number of amides is 1. The van der Waals surface area contributed by atoms with Crippen LogP contribution in [0.1, 0.15) is 33.2 Å². The topological polar surface area (TPSA) is 107 Å². The molecule has 0 radical (unpaired) electrons. The number of nitrogens with zero attached hydrogens (tertiary/aromatic N) is 1. The van der Waals surface area contributed by atoms with Crippen LogP contribution in [-0.2, 0) is 11.3 Å². The van der Waals surface area contributed by atoms with Crippen molar-refractivity contribution >= 4 is 22.9 Å². The molecule has 0 aliphatic carbocycles. The Hall–Kier alpha value is -4.13. The molecule has 0 fully saturated rings. The first-order chi connectivity index (χ1) is 15.0. The molecule has 0 atom stereocenters. The van der Waals surface area contributed by atoms with E-state index in [1.54, 1.807) is 37.3 Å². The van der Waals surface area contributed by atoms with Gasteiger partial charge in [0.25, 0.3) is 0 Å². The molecular formula is C24H21N3O4. The molecule has 31 heavy (non-hydrogen) atoms. The van der Waals surface area contributed by atoms with E-state index in [4.69, 9.17) is 10.5 Å². The summed E-state index contributed by atoms with van der Waals surface area (Å²) in [5, 5.41) is 0. The first-order valence-electron chi connectivity index (χ1n) is 9.86. The number of para-hydroxylation sites is 1.